The van der Waals surface area contributed by atoms with Crippen LogP contribution in [-0.2, 0) is 16.6 Å². The minimum absolute atomic E-state index is 0.000140. The Labute approximate surface area is 177 Å². The van der Waals surface area contributed by atoms with E-state index in [2.05, 4.69) is 43.0 Å². The second kappa shape index (κ2) is 7.84. The van der Waals surface area contributed by atoms with Crippen molar-refractivity contribution >= 4 is 11.6 Å². The molecule has 4 rings (SSSR count). The largest absolute Gasteiger partial charge is 0.337 e. The fourth-order valence-corrected chi connectivity index (χ4v) is 5.35. The standard InChI is InChI=1S/C24H29N3O3/c1-24(2)20-9-5-4-8-19(20)22(23(24)26-14-6-7-15-26)25(3)21(28)16-17-10-12-18(13-11-17)27(29)30/h4-5,8-13,22-23H,6-7,14-16H2,1-3H3. The van der Waals surface area contributed by atoms with Crippen LogP contribution in [-0.4, -0.2) is 46.8 Å². The summed E-state index contributed by atoms with van der Waals surface area (Å²) < 4.78 is 0. The first-order chi connectivity index (χ1) is 14.3. The molecule has 1 heterocycles. The molecule has 1 aliphatic carbocycles. The van der Waals surface area contributed by atoms with Gasteiger partial charge in [0.05, 0.1) is 17.4 Å². The lowest BCUT2D eigenvalue weighted by atomic mass is 9.81. The lowest BCUT2D eigenvalue weighted by Crippen LogP contribution is -2.50. The summed E-state index contributed by atoms with van der Waals surface area (Å²) in [7, 11) is 1.90. The number of likely N-dealkylation sites (N-methyl/N-ethyl adjacent to an activating group) is 1. The molecule has 30 heavy (non-hydrogen) atoms. The number of amides is 1. The molecule has 1 amide bonds. The summed E-state index contributed by atoms with van der Waals surface area (Å²) in [4.78, 5) is 28.2. The second-order valence-corrected chi connectivity index (χ2v) is 9.05. The SMILES string of the molecule is CN(C(=O)Cc1ccc([N+](=O)[O-])cc1)C1c2ccccc2C(C)(C)C1N1CCCC1. The van der Waals surface area contributed by atoms with Crippen molar-refractivity contribution < 1.29 is 9.72 Å². The minimum atomic E-state index is -0.421. The van der Waals surface area contributed by atoms with Gasteiger partial charge in [-0.2, -0.15) is 0 Å². The van der Waals surface area contributed by atoms with Crippen LogP contribution in [0.4, 0.5) is 5.69 Å². The van der Waals surface area contributed by atoms with E-state index < -0.39 is 4.92 Å². The maximum atomic E-state index is 13.3. The van der Waals surface area contributed by atoms with E-state index in [0.717, 1.165) is 18.7 Å². The summed E-state index contributed by atoms with van der Waals surface area (Å²) in [6.45, 7) is 6.73. The first kappa shape index (κ1) is 20.5. The molecule has 1 saturated heterocycles. The Kier molecular flexibility index (Phi) is 5.36. The molecule has 2 aromatic rings. The van der Waals surface area contributed by atoms with Crippen LogP contribution in [0.3, 0.4) is 0 Å². The Morgan fingerprint density at radius 3 is 2.40 bits per heavy atom. The van der Waals surface area contributed by atoms with Crippen LogP contribution in [0, 0.1) is 10.1 Å². The van der Waals surface area contributed by atoms with Gasteiger partial charge in [-0.25, -0.2) is 0 Å². The number of benzene rings is 2. The molecule has 1 fully saturated rings. The van der Waals surface area contributed by atoms with E-state index >= 15 is 0 Å². The van der Waals surface area contributed by atoms with Gasteiger partial charge >= 0.3 is 0 Å². The topological polar surface area (TPSA) is 66.7 Å². The molecule has 0 spiro atoms. The van der Waals surface area contributed by atoms with Crippen LogP contribution in [0.1, 0.15) is 49.4 Å². The van der Waals surface area contributed by atoms with Crippen LogP contribution in [0.2, 0.25) is 0 Å². The average molecular weight is 408 g/mol. The maximum absolute atomic E-state index is 13.3. The lowest BCUT2D eigenvalue weighted by molar-refractivity contribution is -0.384. The number of rotatable bonds is 5. The van der Waals surface area contributed by atoms with E-state index in [0.29, 0.717) is 0 Å². The molecule has 0 N–H and O–H groups in total. The molecule has 1 aliphatic heterocycles. The maximum Gasteiger partial charge on any atom is 0.269 e. The number of hydrogen-bond donors (Lipinski definition) is 0. The van der Waals surface area contributed by atoms with Crippen molar-refractivity contribution in [2.24, 2.45) is 0 Å². The van der Waals surface area contributed by atoms with Crippen molar-refractivity contribution in [2.75, 3.05) is 20.1 Å². The Hall–Kier alpha value is -2.73. The number of likely N-dealkylation sites (tertiary alicyclic amines) is 1. The predicted octanol–water partition coefficient (Wildman–Crippen LogP) is 4.09. The molecule has 2 unspecified atom stereocenters. The molecule has 0 aromatic heterocycles. The molecular weight excluding hydrogens is 378 g/mol. The highest BCUT2D eigenvalue weighted by atomic mass is 16.6. The summed E-state index contributed by atoms with van der Waals surface area (Å²) in [6.07, 6.45) is 2.65. The number of carbonyl (C=O) groups is 1. The van der Waals surface area contributed by atoms with Gasteiger partial charge in [-0.15, -0.1) is 0 Å². The molecule has 2 aromatic carbocycles. The molecule has 0 radical (unpaired) electrons. The van der Waals surface area contributed by atoms with Gasteiger partial charge in [0.2, 0.25) is 5.91 Å². The fourth-order valence-electron chi connectivity index (χ4n) is 5.35. The molecule has 0 saturated carbocycles. The Morgan fingerprint density at radius 1 is 1.13 bits per heavy atom. The Balaban J connectivity index is 1.62. The first-order valence-corrected chi connectivity index (χ1v) is 10.6. The van der Waals surface area contributed by atoms with Crippen molar-refractivity contribution in [3.8, 4) is 0 Å². The molecule has 2 atom stereocenters. The highest BCUT2D eigenvalue weighted by molar-refractivity contribution is 5.79. The molecule has 0 bridgehead atoms. The number of nitrogens with zero attached hydrogens (tertiary/aromatic N) is 3. The van der Waals surface area contributed by atoms with Gasteiger partial charge in [0, 0.05) is 30.6 Å². The number of carbonyl (C=O) groups excluding carboxylic acids is 1. The normalized spacial score (nSPS) is 22.6. The molecule has 158 valence electrons. The number of hydrogen-bond acceptors (Lipinski definition) is 4. The predicted molar refractivity (Wildman–Crippen MR) is 116 cm³/mol. The number of non-ortho nitro benzene ring substituents is 1. The molecule has 6 heteroatoms. The van der Waals surface area contributed by atoms with E-state index in [4.69, 9.17) is 0 Å². The third-order valence-electron chi connectivity index (χ3n) is 6.86. The zero-order valence-electron chi connectivity index (χ0n) is 17.9. The summed E-state index contributed by atoms with van der Waals surface area (Å²) in [5.74, 6) is 0.0329. The van der Waals surface area contributed by atoms with E-state index in [-0.39, 0.29) is 35.5 Å². The smallest absolute Gasteiger partial charge is 0.269 e. The van der Waals surface area contributed by atoms with Crippen molar-refractivity contribution in [1.29, 1.82) is 0 Å². The van der Waals surface area contributed by atoms with Gasteiger partial charge in [0.1, 0.15) is 0 Å². The Bertz CT molecular complexity index is 948. The van der Waals surface area contributed by atoms with Crippen LogP contribution in [0.15, 0.2) is 48.5 Å². The third kappa shape index (κ3) is 3.49. The lowest BCUT2D eigenvalue weighted by Gasteiger charge is -2.41. The molecule has 6 nitrogen and oxygen atoms in total. The highest BCUT2D eigenvalue weighted by Crippen LogP contribution is 2.50. The van der Waals surface area contributed by atoms with Crippen molar-refractivity contribution in [3.63, 3.8) is 0 Å². The van der Waals surface area contributed by atoms with E-state index in [1.165, 1.54) is 36.1 Å². The zero-order chi connectivity index (χ0) is 21.5. The van der Waals surface area contributed by atoms with Gasteiger partial charge in [0.25, 0.3) is 5.69 Å². The van der Waals surface area contributed by atoms with Gasteiger partial charge in [-0.3, -0.25) is 19.8 Å². The van der Waals surface area contributed by atoms with Gasteiger partial charge in [-0.1, -0.05) is 50.2 Å². The van der Waals surface area contributed by atoms with Gasteiger partial charge in [-0.05, 0) is 42.6 Å². The Morgan fingerprint density at radius 2 is 1.77 bits per heavy atom. The van der Waals surface area contributed by atoms with Crippen LogP contribution in [0.25, 0.3) is 0 Å². The van der Waals surface area contributed by atoms with Crippen LogP contribution >= 0.6 is 0 Å². The summed E-state index contributed by atoms with van der Waals surface area (Å²) in [6, 6.07) is 15.0. The summed E-state index contributed by atoms with van der Waals surface area (Å²) in [5, 5.41) is 10.9. The van der Waals surface area contributed by atoms with Crippen molar-refractivity contribution in [2.45, 2.75) is 50.6 Å². The monoisotopic (exact) mass is 407 g/mol. The highest BCUT2D eigenvalue weighted by Gasteiger charge is 2.51. The number of nitro groups is 1. The van der Waals surface area contributed by atoms with Crippen molar-refractivity contribution in [3.05, 3.63) is 75.3 Å². The van der Waals surface area contributed by atoms with Gasteiger partial charge < -0.3 is 4.90 Å². The van der Waals surface area contributed by atoms with Crippen molar-refractivity contribution in [1.82, 2.24) is 9.80 Å². The number of fused-ring (bicyclic) bond motifs is 1. The quantitative estimate of drug-likeness (QED) is 0.553. The average Bonchev–Trinajstić information content (AvgIpc) is 3.32. The second-order valence-electron chi connectivity index (χ2n) is 9.05. The molecule has 2 aliphatic rings. The van der Waals surface area contributed by atoms with E-state index in [9.17, 15) is 14.9 Å². The molecular formula is C24H29N3O3. The number of nitro benzene ring substituents is 1. The summed E-state index contributed by atoms with van der Waals surface area (Å²) >= 11 is 0. The van der Waals surface area contributed by atoms with Crippen LogP contribution < -0.4 is 0 Å². The van der Waals surface area contributed by atoms with E-state index in [1.54, 1.807) is 12.1 Å². The van der Waals surface area contributed by atoms with E-state index in [1.807, 2.05) is 11.9 Å². The first-order valence-electron chi connectivity index (χ1n) is 10.6. The third-order valence-corrected chi connectivity index (χ3v) is 6.86. The zero-order valence-corrected chi connectivity index (χ0v) is 17.9. The fraction of sp³-hybridized carbons (Fsp3) is 0.458. The summed E-state index contributed by atoms with van der Waals surface area (Å²) in [5.41, 5.74) is 3.34. The van der Waals surface area contributed by atoms with Gasteiger partial charge in [0.15, 0.2) is 0 Å². The van der Waals surface area contributed by atoms with Crippen LogP contribution in [0.5, 0.6) is 0 Å². The minimum Gasteiger partial charge on any atom is -0.337 e.